The van der Waals surface area contributed by atoms with Crippen LogP contribution in [0.2, 0.25) is 0 Å². The van der Waals surface area contributed by atoms with Gasteiger partial charge in [0.1, 0.15) is 0 Å². The molecule has 0 aromatic carbocycles. The normalized spacial score (nSPS) is 14.5. The Morgan fingerprint density at radius 3 is 2.21 bits per heavy atom. The minimum atomic E-state index is -3.73. The van der Waals surface area contributed by atoms with Gasteiger partial charge in [0.25, 0.3) is 0 Å². The molecule has 84 valence electrons. The Bertz CT molecular complexity index is 163. The van der Waals surface area contributed by atoms with E-state index in [2.05, 4.69) is 11.4 Å². The molecular weight excluding hydrogens is 229 g/mol. The predicted molar refractivity (Wildman–Crippen MR) is 61.9 cm³/mol. The molecule has 0 aromatic rings. The molecule has 0 bridgehead atoms. The van der Waals surface area contributed by atoms with Crippen LogP contribution in [-0.4, -0.2) is 49.2 Å². The van der Waals surface area contributed by atoms with Gasteiger partial charge in [0.15, 0.2) is 0 Å². The van der Waals surface area contributed by atoms with Crippen LogP contribution in [0.5, 0.6) is 0 Å². The first-order valence-corrected chi connectivity index (χ1v) is 6.47. The predicted octanol–water partition coefficient (Wildman–Crippen LogP) is 1.51. The fourth-order valence-electron chi connectivity index (χ4n) is 1.08. The topological polar surface area (TPSA) is 72.5 Å². The summed E-state index contributed by atoms with van der Waals surface area (Å²) in [6.45, 7) is 2.45. The SMILES string of the molecule is CCCCCCCCOP(N)(=O)O.[CaH2]. The Labute approximate surface area is 116 Å². The average Bonchev–Trinajstić information content (AvgIpc) is 2.01. The molecule has 0 heterocycles. The van der Waals surface area contributed by atoms with Gasteiger partial charge in [-0.1, -0.05) is 39.0 Å². The summed E-state index contributed by atoms with van der Waals surface area (Å²) in [5.41, 5.74) is 4.79. The van der Waals surface area contributed by atoms with Crippen LogP contribution < -0.4 is 5.50 Å². The molecule has 3 N–H and O–H groups in total. The molecule has 0 radical (unpaired) electrons. The summed E-state index contributed by atoms with van der Waals surface area (Å²) < 4.78 is 15.0. The van der Waals surface area contributed by atoms with Crippen molar-refractivity contribution in [2.24, 2.45) is 5.50 Å². The van der Waals surface area contributed by atoms with E-state index in [1.807, 2.05) is 0 Å². The van der Waals surface area contributed by atoms with Gasteiger partial charge in [-0.05, 0) is 6.42 Å². The second kappa shape index (κ2) is 10.9. The van der Waals surface area contributed by atoms with E-state index >= 15 is 0 Å². The van der Waals surface area contributed by atoms with Gasteiger partial charge in [0, 0.05) is 0 Å². The third-order valence-electron chi connectivity index (χ3n) is 1.77. The summed E-state index contributed by atoms with van der Waals surface area (Å²) in [6.07, 6.45) is 6.74. The van der Waals surface area contributed by atoms with Gasteiger partial charge < -0.3 is 4.89 Å². The van der Waals surface area contributed by atoms with Gasteiger partial charge in [0.2, 0.25) is 0 Å². The molecule has 1 atom stereocenters. The maximum atomic E-state index is 10.5. The standard InChI is InChI=1S/C8H20NO3P.Ca.2H/c1-2-3-4-5-6-7-8-12-13(9,10)11;;;/h2-8H2,1H3,(H3,9,10,11);;;. The molecule has 0 aliphatic carbocycles. The van der Waals surface area contributed by atoms with Crippen molar-refractivity contribution in [3.8, 4) is 0 Å². The zero-order valence-electron chi connectivity index (χ0n) is 8.24. The number of unbranched alkanes of at least 4 members (excludes halogenated alkanes) is 5. The quantitative estimate of drug-likeness (QED) is 0.389. The van der Waals surface area contributed by atoms with E-state index in [-0.39, 0.29) is 44.3 Å². The average molecular weight is 251 g/mol. The summed E-state index contributed by atoms with van der Waals surface area (Å²) in [5, 5.41) is 0. The maximum absolute atomic E-state index is 10.5. The Morgan fingerprint density at radius 1 is 1.21 bits per heavy atom. The van der Waals surface area contributed by atoms with Crippen molar-refractivity contribution in [3.05, 3.63) is 0 Å². The van der Waals surface area contributed by atoms with Crippen LogP contribution in [0.1, 0.15) is 45.4 Å². The summed E-state index contributed by atoms with van der Waals surface area (Å²) in [5.74, 6) is 0. The fraction of sp³-hybridized carbons (Fsp3) is 1.00. The molecule has 0 fully saturated rings. The Kier molecular flexibility index (Phi) is 13.8. The fourth-order valence-corrected chi connectivity index (χ4v) is 1.47. The monoisotopic (exact) mass is 251 g/mol. The van der Waals surface area contributed by atoms with Crippen LogP contribution in [0.15, 0.2) is 0 Å². The molecule has 0 spiro atoms. The Morgan fingerprint density at radius 2 is 1.71 bits per heavy atom. The molecule has 6 heteroatoms. The number of nitrogens with two attached hydrogens (primary N) is 1. The van der Waals surface area contributed by atoms with E-state index in [1.54, 1.807) is 0 Å². The second-order valence-corrected chi connectivity index (χ2v) is 4.55. The van der Waals surface area contributed by atoms with Crippen molar-refractivity contribution >= 4 is 45.5 Å². The van der Waals surface area contributed by atoms with E-state index in [4.69, 9.17) is 10.4 Å². The van der Waals surface area contributed by atoms with Crippen molar-refractivity contribution in [1.29, 1.82) is 0 Å². The van der Waals surface area contributed by atoms with E-state index in [0.29, 0.717) is 0 Å². The van der Waals surface area contributed by atoms with Crippen LogP contribution in [0.3, 0.4) is 0 Å². The molecule has 1 unspecified atom stereocenters. The van der Waals surface area contributed by atoms with Gasteiger partial charge >= 0.3 is 45.5 Å². The third kappa shape index (κ3) is 15.8. The molecular formula is C8H22CaNO3P. The number of rotatable bonds is 8. The van der Waals surface area contributed by atoms with Crippen LogP contribution >= 0.6 is 7.75 Å². The van der Waals surface area contributed by atoms with E-state index < -0.39 is 7.75 Å². The molecule has 0 aromatic heterocycles. The summed E-state index contributed by atoms with van der Waals surface area (Å²) in [6, 6.07) is 0. The van der Waals surface area contributed by atoms with Crippen molar-refractivity contribution in [1.82, 2.24) is 0 Å². The van der Waals surface area contributed by atoms with Crippen LogP contribution in [0.4, 0.5) is 0 Å². The van der Waals surface area contributed by atoms with Crippen LogP contribution in [-0.2, 0) is 9.09 Å². The molecule has 0 aliphatic rings. The molecule has 0 saturated heterocycles. The second-order valence-electron chi connectivity index (χ2n) is 3.17. The molecule has 0 rings (SSSR count). The van der Waals surface area contributed by atoms with E-state index in [9.17, 15) is 4.57 Å². The van der Waals surface area contributed by atoms with Crippen LogP contribution in [0.25, 0.3) is 0 Å². The van der Waals surface area contributed by atoms with Crippen LogP contribution in [0, 0.1) is 0 Å². The number of hydrogen-bond donors (Lipinski definition) is 2. The molecule has 4 nitrogen and oxygen atoms in total. The first-order valence-electron chi connectivity index (χ1n) is 4.82. The zero-order valence-corrected chi connectivity index (χ0v) is 9.13. The van der Waals surface area contributed by atoms with Gasteiger partial charge in [-0.3, -0.25) is 4.52 Å². The third-order valence-corrected chi connectivity index (χ3v) is 2.33. The first-order chi connectivity index (χ1) is 6.06. The number of hydrogen-bond acceptors (Lipinski definition) is 2. The first kappa shape index (κ1) is 17.8. The van der Waals surface area contributed by atoms with Crippen molar-refractivity contribution in [3.63, 3.8) is 0 Å². The van der Waals surface area contributed by atoms with Gasteiger partial charge in [-0.15, -0.1) is 0 Å². The van der Waals surface area contributed by atoms with Gasteiger partial charge in [-0.2, -0.15) is 0 Å². The minimum absolute atomic E-state index is 0. The summed E-state index contributed by atoms with van der Waals surface area (Å²) >= 11 is 0. The van der Waals surface area contributed by atoms with E-state index in [0.717, 1.165) is 19.3 Å². The summed E-state index contributed by atoms with van der Waals surface area (Å²) in [7, 11) is -3.73. The van der Waals surface area contributed by atoms with Crippen molar-refractivity contribution in [2.75, 3.05) is 6.61 Å². The molecule has 0 amide bonds. The van der Waals surface area contributed by atoms with Crippen molar-refractivity contribution < 1.29 is 14.0 Å². The van der Waals surface area contributed by atoms with Gasteiger partial charge in [0.05, 0.1) is 6.61 Å². The van der Waals surface area contributed by atoms with Gasteiger partial charge in [-0.25, -0.2) is 10.1 Å². The Balaban J connectivity index is 0. The van der Waals surface area contributed by atoms with Crippen molar-refractivity contribution in [2.45, 2.75) is 45.4 Å². The molecule has 14 heavy (non-hydrogen) atoms. The molecule has 0 aliphatic heterocycles. The Hall–Kier alpha value is 1.37. The van der Waals surface area contributed by atoms with E-state index in [1.165, 1.54) is 19.3 Å². The summed E-state index contributed by atoms with van der Waals surface area (Å²) in [4.78, 5) is 8.57. The zero-order chi connectivity index (χ0) is 10.2. The molecule has 0 saturated carbocycles.